The normalized spacial score (nSPS) is 14.6. The van der Waals surface area contributed by atoms with Crippen molar-refractivity contribution in [3.63, 3.8) is 0 Å². The third-order valence-corrected chi connectivity index (χ3v) is 15.3. The number of nitrogens with zero attached hydrogens (tertiary/aromatic N) is 2. The summed E-state index contributed by atoms with van der Waals surface area (Å²) in [5, 5.41) is 7.14. The summed E-state index contributed by atoms with van der Waals surface area (Å²) in [7, 11) is 0. The molecule has 1 fully saturated rings. The fourth-order valence-corrected chi connectivity index (χ4v) is 10.1. The van der Waals surface area contributed by atoms with Crippen molar-refractivity contribution in [1.82, 2.24) is 5.43 Å². The van der Waals surface area contributed by atoms with Gasteiger partial charge < -0.3 is 15.4 Å². The first kappa shape index (κ1) is 55.0. The maximum Gasteiger partial charge on any atom is 0.267 e. The van der Waals surface area contributed by atoms with Crippen molar-refractivity contribution in [3.05, 3.63) is 104 Å². The first-order valence-electron chi connectivity index (χ1n) is 24.2. The Morgan fingerprint density at radius 2 is 1.34 bits per heavy atom. The predicted molar refractivity (Wildman–Crippen MR) is 288 cm³/mol. The molecule has 1 aliphatic heterocycles. The summed E-state index contributed by atoms with van der Waals surface area (Å²) in [5.74, 6) is -0.0218. The summed E-state index contributed by atoms with van der Waals surface area (Å²) in [6, 6.07) is 21.5. The number of hydrogen-bond donors (Lipinski definition) is 3. The lowest BCUT2D eigenvalue weighted by Crippen LogP contribution is -2.36. The maximum absolute atomic E-state index is 14.5. The fraction of sp³-hybridized carbons (Fsp3) is 0.481. The minimum Gasteiger partial charge on any atom is -0.483 e. The Morgan fingerprint density at radius 3 is 1.97 bits per heavy atom. The molecule has 1 heterocycles. The maximum atomic E-state index is 14.5. The average Bonchev–Trinajstić information content (AvgIpc) is 3.59. The molecule has 0 spiro atoms. The van der Waals surface area contributed by atoms with Crippen LogP contribution in [0.2, 0.25) is 20.1 Å². The topological polar surface area (TPSA) is 112 Å². The number of benzene rings is 4. The van der Waals surface area contributed by atoms with E-state index < -0.39 is 11.2 Å². The van der Waals surface area contributed by atoms with Gasteiger partial charge in [0.1, 0.15) is 22.5 Å². The molecule has 1 aliphatic rings. The van der Waals surface area contributed by atoms with Gasteiger partial charge in [0.25, 0.3) is 11.8 Å². The van der Waals surface area contributed by atoms with Crippen LogP contribution in [0.3, 0.4) is 0 Å². The molecule has 1 unspecified atom stereocenters. The lowest BCUT2D eigenvalue weighted by molar-refractivity contribution is -0.118. The highest BCUT2D eigenvalue weighted by Crippen LogP contribution is 2.42. The van der Waals surface area contributed by atoms with E-state index in [0.717, 1.165) is 37.7 Å². The first-order valence-corrected chi connectivity index (χ1v) is 26.6. The number of anilines is 3. The van der Waals surface area contributed by atoms with E-state index in [9.17, 15) is 14.4 Å². The number of amides is 3. The number of halogens is 4. The highest BCUT2D eigenvalue weighted by Gasteiger charge is 2.41. The predicted octanol–water partition coefficient (Wildman–Crippen LogP) is 16.5. The van der Waals surface area contributed by atoms with Crippen LogP contribution in [0.5, 0.6) is 5.75 Å². The van der Waals surface area contributed by atoms with Crippen LogP contribution in [-0.2, 0) is 25.2 Å². The van der Waals surface area contributed by atoms with Gasteiger partial charge in [0.15, 0.2) is 6.61 Å². The van der Waals surface area contributed by atoms with Gasteiger partial charge >= 0.3 is 0 Å². The van der Waals surface area contributed by atoms with E-state index in [0.29, 0.717) is 44.2 Å². The lowest BCUT2D eigenvalue weighted by Gasteiger charge is -2.30. The molecule has 68 heavy (non-hydrogen) atoms. The van der Waals surface area contributed by atoms with Crippen LogP contribution >= 0.6 is 58.2 Å². The zero-order valence-electron chi connectivity index (χ0n) is 40.8. The van der Waals surface area contributed by atoms with Crippen LogP contribution in [0.15, 0.2) is 82.7 Å². The zero-order chi connectivity index (χ0) is 49.4. The number of amidine groups is 1. The summed E-state index contributed by atoms with van der Waals surface area (Å²) in [6.07, 6.45) is 16.9. The molecule has 4 aromatic carbocycles. The Balaban J connectivity index is 1.31. The summed E-state index contributed by atoms with van der Waals surface area (Å²) in [4.78, 5) is 46.7. The highest BCUT2D eigenvalue weighted by atomic mass is 35.5. The van der Waals surface area contributed by atoms with Crippen LogP contribution in [-0.4, -0.2) is 35.4 Å². The van der Waals surface area contributed by atoms with Crippen LogP contribution in [0.4, 0.5) is 22.7 Å². The van der Waals surface area contributed by atoms with Crippen molar-refractivity contribution < 1.29 is 19.1 Å². The van der Waals surface area contributed by atoms with Crippen LogP contribution < -0.4 is 25.8 Å². The molecule has 0 aliphatic carbocycles. The van der Waals surface area contributed by atoms with Crippen molar-refractivity contribution >= 4 is 104 Å². The summed E-state index contributed by atoms with van der Waals surface area (Å²) in [6.45, 7) is 15.2. The Labute approximate surface area is 429 Å². The molecular formula is C54H69Cl4N5O4S. The molecule has 1 saturated heterocycles. The van der Waals surface area contributed by atoms with Gasteiger partial charge in [-0.2, -0.15) is 0 Å². The smallest absolute Gasteiger partial charge is 0.267 e. The standard InChI is InChI=1S/C54H69Cl4N5O4S/c1-8-11-12-13-14-15-16-17-18-19-20-21-26-47(64)59-38-28-29-40(56)44(34-38)61-51-50(52(66)63(62-51)49-41(57)32-37(55)33-42(49)58)68-46-25-23-22-24-43(46)60-48(65)35-67-45-30-27-36(53(4,5)9-2)31-39(45)54(6,7)10-3/h22-25,27-34,50H,8-21,26,35H2,1-7H3,(H,59,64)(H,60,65)(H,61,62). The largest absolute Gasteiger partial charge is 0.483 e. The summed E-state index contributed by atoms with van der Waals surface area (Å²) >= 11 is 27.5. The third kappa shape index (κ3) is 15.5. The summed E-state index contributed by atoms with van der Waals surface area (Å²) < 4.78 is 6.25. The highest BCUT2D eigenvalue weighted by molar-refractivity contribution is 8.01. The Bertz CT molecular complexity index is 2370. The van der Waals surface area contributed by atoms with Crippen molar-refractivity contribution in [2.75, 3.05) is 22.2 Å². The van der Waals surface area contributed by atoms with Crippen molar-refractivity contribution in [3.8, 4) is 5.75 Å². The number of para-hydroxylation sites is 1. The lowest BCUT2D eigenvalue weighted by atomic mass is 9.76. The molecule has 4 aromatic rings. The van der Waals surface area contributed by atoms with E-state index in [2.05, 4.69) is 76.7 Å². The molecular weight excluding hydrogens is 957 g/mol. The summed E-state index contributed by atoms with van der Waals surface area (Å²) in [5.41, 5.74) is 6.70. The number of hydrazine groups is 1. The number of carbonyl (C=O) groups is 3. The van der Waals surface area contributed by atoms with Crippen LogP contribution in [0.25, 0.3) is 0 Å². The van der Waals surface area contributed by atoms with Gasteiger partial charge in [0.2, 0.25) is 5.91 Å². The van der Waals surface area contributed by atoms with Gasteiger partial charge in [-0.3, -0.25) is 19.8 Å². The van der Waals surface area contributed by atoms with Gasteiger partial charge in [-0.15, -0.1) is 11.8 Å². The number of ether oxygens (including phenoxy) is 1. The third-order valence-electron chi connectivity index (χ3n) is 12.9. The van der Waals surface area contributed by atoms with Crippen molar-refractivity contribution in [1.29, 1.82) is 0 Å². The second kappa shape index (κ2) is 26.3. The SMILES string of the molecule is CCCCCCCCCCCCCCC(=O)Nc1ccc(Cl)c(N=C2NN(c3c(Cl)cc(Cl)cc3Cl)C(=O)C2Sc2ccccc2NC(=O)COc2ccc(C(C)(C)CC)cc2C(C)(C)CC)c1. The first-order chi connectivity index (χ1) is 32.5. The molecule has 3 N–H and O–H groups in total. The molecule has 1 atom stereocenters. The molecule has 9 nitrogen and oxygen atoms in total. The average molecular weight is 1030 g/mol. The molecule has 14 heteroatoms. The van der Waals surface area contributed by atoms with Crippen molar-refractivity contribution in [2.24, 2.45) is 4.99 Å². The number of thioether (sulfide) groups is 1. The van der Waals surface area contributed by atoms with Gasteiger partial charge in [-0.05, 0) is 84.2 Å². The fourth-order valence-electron chi connectivity index (χ4n) is 7.85. The van der Waals surface area contributed by atoms with E-state index in [1.807, 2.05) is 18.2 Å². The van der Waals surface area contributed by atoms with Gasteiger partial charge in [-0.25, -0.2) is 10.0 Å². The molecule has 0 bridgehead atoms. The Morgan fingerprint density at radius 1 is 0.721 bits per heavy atom. The molecule has 0 aromatic heterocycles. The number of hydrogen-bond acceptors (Lipinski definition) is 6. The minimum atomic E-state index is -0.989. The van der Waals surface area contributed by atoms with E-state index in [1.54, 1.807) is 30.3 Å². The monoisotopic (exact) mass is 1020 g/mol. The second-order valence-corrected chi connectivity index (χ2v) is 21.7. The minimum absolute atomic E-state index is 0.0136. The van der Waals surface area contributed by atoms with E-state index in [4.69, 9.17) is 56.1 Å². The zero-order valence-corrected chi connectivity index (χ0v) is 44.6. The molecule has 368 valence electrons. The number of unbranched alkanes of at least 4 members (excludes halogenated alkanes) is 11. The van der Waals surface area contributed by atoms with Crippen LogP contribution in [0.1, 0.15) is 156 Å². The quantitative estimate of drug-likeness (QED) is 0.0540. The number of carbonyl (C=O) groups excluding carboxylic acids is 3. The Kier molecular flexibility index (Phi) is 21.3. The molecule has 0 saturated carbocycles. The Hall–Kier alpha value is -3.93. The van der Waals surface area contributed by atoms with Gasteiger partial charge in [0, 0.05) is 27.6 Å². The number of rotatable bonds is 26. The van der Waals surface area contributed by atoms with Crippen LogP contribution in [0, 0.1) is 0 Å². The van der Waals surface area contributed by atoms with Gasteiger partial charge in [0.05, 0.1) is 26.4 Å². The van der Waals surface area contributed by atoms with E-state index >= 15 is 0 Å². The van der Waals surface area contributed by atoms with E-state index in [1.165, 1.54) is 92.3 Å². The number of aliphatic imine (C=N–C) groups is 1. The molecule has 5 rings (SSSR count). The van der Waals surface area contributed by atoms with E-state index in [-0.39, 0.29) is 50.8 Å². The van der Waals surface area contributed by atoms with Crippen molar-refractivity contribution in [2.45, 2.75) is 166 Å². The number of nitrogens with one attached hydrogen (secondary N) is 3. The van der Waals surface area contributed by atoms with Gasteiger partial charge in [-0.1, -0.05) is 190 Å². The molecule has 3 amide bonds. The molecule has 0 radical (unpaired) electrons. The second-order valence-electron chi connectivity index (χ2n) is 18.9.